The fourth-order valence-electron chi connectivity index (χ4n) is 2.18. The smallest absolute Gasteiger partial charge is 0.168 e. The maximum absolute atomic E-state index is 14.0. The first-order chi connectivity index (χ1) is 9.30. The average molecular weight is 297 g/mol. The van der Waals surface area contributed by atoms with E-state index in [9.17, 15) is 14.0 Å². The summed E-state index contributed by atoms with van der Waals surface area (Å²) < 4.78 is 30.1. The molecule has 3 nitrogen and oxygen atoms in total. The summed E-state index contributed by atoms with van der Waals surface area (Å²) in [5.74, 6) is -0.902. The van der Waals surface area contributed by atoms with Crippen LogP contribution in [0.5, 0.6) is 5.75 Å². The van der Waals surface area contributed by atoms with Gasteiger partial charge in [-0.1, -0.05) is 4.40 Å². The van der Waals surface area contributed by atoms with Crippen molar-refractivity contribution in [2.45, 2.75) is 51.2 Å². The van der Waals surface area contributed by atoms with Crippen LogP contribution in [0.3, 0.4) is 0 Å². The van der Waals surface area contributed by atoms with Crippen molar-refractivity contribution in [2.24, 2.45) is 4.40 Å². The molecule has 1 aromatic rings. The van der Waals surface area contributed by atoms with Gasteiger partial charge in [-0.25, -0.2) is 4.39 Å². The highest BCUT2D eigenvalue weighted by Crippen LogP contribution is 2.30. The molecular formula is C15H20FNO2S. The van der Waals surface area contributed by atoms with Crippen molar-refractivity contribution in [3.8, 4) is 5.75 Å². The largest absolute Gasteiger partial charge is 0.591 e. The van der Waals surface area contributed by atoms with E-state index in [4.69, 9.17) is 0 Å². The monoisotopic (exact) mass is 297 g/mol. The lowest BCUT2D eigenvalue weighted by molar-refractivity contribution is 0.428. The van der Waals surface area contributed by atoms with E-state index in [1.54, 1.807) is 6.07 Å². The summed E-state index contributed by atoms with van der Waals surface area (Å²) in [6.45, 7) is 5.59. The number of hydrogen-bond acceptors (Lipinski definition) is 3. The van der Waals surface area contributed by atoms with Crippen molar-refractivity contribution in [1.29, 1.82) is 0 Å². The number of halogens is 1. The number of phenolic OH excluding ortho intramolecular Hbond substituents is 1. The van der Waals surface area contributed by atoms with E-state index in [-0.39, 0.29) is 5.75 Å². The van der Waals surface area contributed by atoms with E-state index in [1.807, 2.05) is 20.8 Å². The van der Waals surface area contributed by atoms with Crippen LogP contribution >= 0.6 is 0 Å². The maximum Gasteiger partial charge on any atom is 0.168 e. The number of phenols is 1. The Morgan fingerprint density at radius 3 is 2.55 bits per heavy atom. The summed E-state index contributed by atoms with van der Waals surface area (Å²) in [5.41, 5.74) is 1.87. The first-order valence-electron chi connectivity index (χ1n) is 6.81. The molecule has 0 aliphatic heterocycles. The summed E-state index contributed by atoms with van der Waals surface area (Å²) in [6, 6.07) is 3.02. The molecular weight excluding hydrogens is 277 g/mol. The summed E-state index contributed by atoms with van der Waals surface area (Å²) in [5, 5.41) is 9.49. The highest BCUT2D eigenvalue weighted by atomic mass is 32.2. The zero-order valence-corrected chi connectivity index (χ0v) is 12.9. The van der Waals surface area contributed by atoms with Crippen LogP contribution < -0.4 is 0 Å². The molecule has 5 heteroatoms. The van der Waals surface area contributed by atoms with Gasteiger partial charge in [-0.3, -0.25) is 0 Å². The summed E-state index contributed by atoms with van der Waals surface area (Å²) in [4.78, 5) is 0. The number of hydrogen-bond donors (Lipinski definition) is 1. The first kappa shape index (κ1) is 15.3. The molecule has 0 heterocycles. The standard InChI is InChI=1S/C15H20FNO2S/c1-15(2,3)20(19)17-12-7-5-4-6-11-10(12)8-9-13(18)14(11)16/h8-9,18H,4-7H2,1-3H3/b17-12-. The molecule has 110 valence electrons. The van der Waals surface area contributed by atoms with Crippen molar-refractivity contribution in [1.82, 2.24) is 0 Å². The molecule has 1 aromatic carbocycles. The number of fused-ring (bicyclic) bond motifs is 1. The van der Waals surface area contributed by atoms with E-state index in [0.29, 0.717) is 29.7 Å². The van der Waals surface area contributed by atoms with Gasteiger partial charge in [-0.05, 0) is 58.6 Å². The van der Waals surface area contributed by atoms with Crippen LogP contribution in [0.2, 0.25) is 0 Å². The molecule has 0 saturated carbocycles. The molecule has 0 aromatic heterocycles. The molecule has 1 aliphatic carbocycles. The normalized spacial score (nSPS) is 19.6. The lowest BCUT2D eigenvalue weighted by atomic mass is 10.0. The fourth-order valence-corrected chi connectivity index (χ4v) is 2.85. The number of aromatic hydroxyl groups is 1. The van der Waals surface area contributed by atoms with E-state index in [2.05, 4.69) is 4.40 Å². The minimum Gasteiger partial charge on any atom is -0.591 e. The fraction of sp³-hybridized carbons (Fsp3) is 0.533. The van der Waals surface area contributed by atoms with Gasteiger partial charge in [0.2, 0.25) is 0 Å². The second kappa shape index (κ2) is 5.74. The maximum atomic E-state index is 14.0. The van der Waals surface area contributed by atoms with Gasteiger partial charge in [0.05, 0.1) is 5.71 Å². The molecule has 0 fully saturated rings. The Morgan fingerprint density at radius 1 is 1.25 bits per heavy atom. The predicted octanol–water partition coefficient (Wildman–Crippen LogP) is 3.51. The van der Waals surface area contributed by atoms with Crippen molar-refractivity contribution in [3.63, 3.8) is 0 Å². The second-order valence-electron chi connectivity index (χ2n) is 6.03. The summed E-state index contributed by atoms with van der Waals surface area (Å²) >= 11 is -1.36. The molecule has 0 spiro atoms. The van der Waals surface area contributed by atoms with Gasteiger partial charge < -0.3 is 9.66 Å². The Morgan fingerprint density at radius 2 is 1.90 bits per heavy atom. The second-order valence-corrected chi connectivity index (χ2v) is 7.94. The van der Waals surface area contributed by atoms with Crippen LogP contribution in [0.25, 0.3) is 0 Å². The van der Waals surface area contributed by atoms with Crippen LogP contribution in [-0.2, 0) is 17.8 Å². The average Bonchev–Trinajstić information content (AvgIpc) is 2.56. The van der Waals surface area contributed by atoms with Gasteiger partial charge in [0.1, 0.15) is 16.1 Å². The molecule has 1 N–H and O–H groups in total. The third-order valence-corrected chi connectivity index (χ3v) is 4.77. The SMILES string of the molecule is CC(C)(C)[S+]([O-])/N=C1/CCCCc2c1ccc(O)c2F. The Hall–Kier alpha value is -1.07. The zero-order valence-electron chi connectivity index (χ0n) is 12.1. The Bertz CT molecular complexity index is 537. The molecule has 0 bridgehead atoms. The Balaban J connectivity index is 2.48. The van der Waals surface area contributed by atoms with E-state index in [0.717, 1.165) is 12.8 Å². The lowest BCUT2D eigenvalue weighted by Crippen LogP contribution is -2.27. The van der Waals surface area contributed by atoms with Crippen LogP contribution in [0.4, 0.5) is 4.39 Å². The van der Waals surface area contributed by atoms with Crippen molar-refractivity contribution in [3.05, 3.63) is 29.1 Å². The van der Waals surface area contributed by atoms with Gasteiger partial charge in [0, 0.05) is 11.1 Å². The molecule has 0 saturated heterocycles. The third-order valence-electron chi connectivity index (χ3n) is 3.34. The molecule has 1 aliphatic rings. The quantitative estimate of drug-likeness (QED) is 0.637. The van der Waals surface area contributed by atoms with Crippen LogP contribution in [0, 0.1) is 5.82 Å². The third kappa shape index (κ3) is 3.15. The lowest BCUT2D eigenvalue weighted by Gasteiger charge is -2.19. The predicted molar refractivity (Wildman–Crippen MR) is 80.1 cm³/mol. The number of benzene rings is 1. The van der Waals surface area contributed by atoms with Crippen molar-refractivity contribution in [2.75, 3.05) is 0 Å². The molecule has 0 radical (unpaired) electrons. The molecule has 0 amide bonds. The Kier molecular flexibility index (Phi) is 4.39. The molecule has 2 rings (SSSR count). The topological polar surface area (TPSA) is 55.7 Å². The molecule has 1 unspecified atom stereocenters. The van der Waals surface area contributed by atoms with Gasteiger partial charge in [-0.15, -0.1) is 0 Å². The van der Waals surface area contributed by atoms with Crippen molar-refractivity contribution < 1.29 is 14.0 Å². The van der Waals surface area contributed by atoms with Crippen LogP contribution in [0.1, 0.15) is 51.2 Å². The van der Waals surface area contributed by atoms with Gasteiger partial charge >= 0.3 is 0 Å². The Labute approximate surface area is 122 Å². The van der Waals surface area contributed by atoms with Crippen LogP contribution in [-0.4, -0.2) is 20.1 Å². The van der Waals surface area contributed by atoms with Gasteiger partial charge in [-0.2, -0.15) is 0 Å². The van der Waals surface area contributed by atoms with E-state index < -0.39 is 21.9 Å². The van der Waals surface area contributed by atoms with Gasteiger partial charge in [0.15, 0.2) is 11.6 Å². The summed E-state index contributed by atoms with van der Waals surface area (Å²) in [6.07, 6.45) is 3.00. The van der Waals surface area contributed by atoms with Gasteiger partial charge in [0.25, 0.3) is 0 Å². The zero-order chi connectivity index (χ0) is 14.9. The van der Waals surface area contributed by atoms with Crippen LogP contribution in [0.15, 0.2) is 16.5 Å². The molecule has 20 heavy (non-hydrogen) atoms. The van der Waals surface area contributed by atoms with Crippen molar-refractivity contribution >= 4 is 17.1 Å². The number of nitrogens with zero attached hydrogens (tertiary/aromatic N) is 1. The van der Waals surface area contributed by atoms with E-state index >= 15 is 0 Å². The highest BCUT2D eigenvalue weighted by Gasteiger charge is 2.29. The molecule has 1 atom stereocenters. The minimum atomic E-state index is -1.36. The minimum absolute atomic E-state index is 0.332. The summed E-state index contributed by atoms with van der Waals surface area (Å²) in [7, 11) is 0. The van der Waals surface area contributed by atoms with E-state index in [1.165, 1.54) is 6.07 Å². The first-order valence-corrected chi connectivity index (χ1v) is 7.91. The highest BCUT2D eigenvalue weighted by molar-refractivity contribution is 7.91. The number of rotatable bonds is 1.